The second-order valence-corrected chi connectivity index (χ2v) is 6.13. The average Bonchev–Trinajstić information content (AvgIpc) is 2.45. The number of pyridine rings is 1. The van der Waals surface area contributed by atoms with Crippen molar-refractivity contribution in [3.63, 3.8) is 0 Å². The summed E-state index contributed by atoms with van der Waals surface area (Å²) < 4.78 is 0.896. The number of halogens is 2. The van der Waals surface area contributed by atoms with Crippen LogP contribution in [-0.4, -0.2) is 4.98 Å². The van der Waals surface area contributed by atoms with Crippen LogP contribution in [0.1, 0.15) is 5.56 Å². The second kappa shape index (κ2) is 5.54. The zero-order chi connectivity index (χ0) is 15.0. The summed E-state index contributed by atoms with van der Waals surface area (Å²) in [5, 5.41) is 4.94. The van der Waals surface area contributed by atoms with Gasteiger partial charge in [0.1, 0.15) is 0 Å². The Labute approximate surface area is 136 Å². The molecule has 5 heteroatoms. The quantitative estimate of drug-likeness (QED) is 0.609. The Bertz CT molecular complexity index is 813. The van der Waals surface area contributed by atoms with E-state index in [4.69, 9.17) is 17.3 Å². The van der Waals surface area contributed by atoms with Crippen molar-refractivity contribution >= 4 is 55.5 Å². The lowest BCUT2D eigenvalue weighted by Crippen LogP contribution is -1.98. The maximum absolute atomic E-state index is 6.27. The fraction of sp³-hybridized carbons (Fsp3) is 0.0625. The smallest absolute Gasteiger partial charge is 0.0958 e. The average molecular weight is 363 g/mol. The number of aromatic nitrogens is 1. The molecule has 3 aromatic rings. The van der Waals surface area contributed by atoms with Gasteiger partial charge >= 0.3 is 0 Å². The number of hydrogen-bond donors (Lipinski definition) is 2. The zero-order valence-corrected chi connectivity index (χ0v) is 13.7. The first-order chi connectivity index (χ1) is 10.1. The Kier molecular flexibility index (Phi) is 3.74. The number of nitrogens with zero attached hydrogens (tertiary/aromatic N) is 1. The molecular weight excluding hydrogens is 350 g/mol. The molecule has 0 radical (unpaired) electrons. The lowest BCUT2D eigenvalue weighted by atomic mass is 10.1. The van der Waals surface area contributed by atoms with Crippen molar-refractivity contribution in [1.82, 2.24) is 4.98 Å². The van der Waals surface area contributed by atoms with Gasteiger partial charge in [-0.1, -0.05) is 23.7 Å². The summed E-state index contributed by atoms with van der Waals surface area (Å²) in [6.07, 6.45) is 1.76. The molecule has 106 valence electrons. The predicted molar refractivity (Wildman–Crippen MR) is 93.3 cm³/mol. The SMILES string of the molecule is Cc1cccc(Cl)c1Nc1ccc(N)c2cc(Br)cnc12. The highest BCUT2D eigenvalue weighted by Crippen LogP contribution is 2.34. The summed E-state index contributed by atoms with van der Waals surface area (Å²) >= 11 is 9.69. The van der Waals surface area contributed by atoms with Crippen LogP contribution in [0.3, 0.4) is 0 Å². The molecule has 0 amide bonds. The molecule has 3 N–H and O–H groups in total. The summed E-state index contributed by atoms with van der Waals surface area (Å²) in [7, 11) is 0. The Hall–Kier alpha value is -1.78. The molecule has 0 saturated heterocycles. The Morgan fingerprint density at radius 3 is 2.81 bits per heavy atom. The Morgan fingerprint density at radius 2 is 2.05 bits per heavy atom. The summed E-state index contributed by atoms with van der Waals surface area (Å²) in [5.41, 5.74) is 10.4. The van der Waals surface area contributed by atoms with E-state index in [1.807, 2.05) is 43.3 Å². The summed E-state index contributed by atoms with van der Waals surface area (Å²) in [6, 6.07) is 11.5. The number of para-hydroxylation sites is 1. The van der Waals surface area contributed by atoms with Crippen molar-refractivity contribution in [3.05, 3.63) is 57.7 Å². The molecule has 0 aliphatic heterocycles. The van der Waals surface area contributed by atoms with Crippen LogP contribution >= 0.6 is 27.5 Å². The van der Waals surface area contributed by atoms with Gasteiger partial charge in [-0.3, -0.25) is 4.98 Å². The fourth-order valence-electron chi connectivity index (χ4n) is 2.24. The van der Waals surface area contributed by atoms with Gasteiger partial charge in [0.2, 0.25) is 0 Å². The first kappa shape index (κ1) is 14.2. The molecule has 0 fully saturated rings. The third-order valence-corrected chi connectivity index (χ3v) is 4.08. The minimum Gasteiger partial charge on any atom is -0.398 e. The molecule has 1 heterocycles. The van der Waals surface area contributed by atoms with Crippen molar-refractivity contribution in [2.75, 3.05) is 11.1 Å². The van der Waals surface area contributed by atoms with Crippen LogP contribution in [0.25, 0.3) is 10.9 Å². The van der Waals surface area contributed by atoms with Crippen LogP contribution < -0.4 is 11.1 Å². The number of nitrogens with two attached hydrogens (primary N) is 1. The first-order valence-electron chi connectivity index (χ1n) is 6.42. The van der Waals surface area contributed by atoms with Crippen molar-refractivity contribution in [2.45, 2.75) is 6.92 Å². The molecule has 0 spiro atoms. The van der Waals surface area contributed by atoms with Gasteiger partial charge in [-0.2, -0.15) is 0 Å². The van der Waals surface area contributed by atoms with E-state index in [1.54, 1.807) is 6.20 Å². The van der Waals surface area contributed by atoms with E-state index in [-0.39, 0.29) is 0 Å². The van der Waals surface area contributed by atoms with Crippen LogP contribution in [0.2, 0.25) is 5.02 Å². The molecule has 21 heavy (non-hydrogen) atoms. The van der Waals surface area contributed by atoms with E-state index >= 15 is 0 Å². The van der Waals surface area contributed by atoms with Gasteiger partial charge < -0.3 is 11.1 Å². The first-order valence-corrected chi connectivity index (χ1v) is 7.59. The van der Waals surface area contributed by atoms with Crippen LogP contribution in [0.5, 0.6) is 0 Å². The molecule has 0 unspecified atom stereocenters. The molecule has 1 aromatic heterocycles. The van der Waals surface area contributed by atoms with Crippen LogP contribution in [-0.2, 0) is 0 Å². The number of rotatable bonds is 2. The predicted octanol–water partition coefficient (Wildman–Crippen LogP) is 5.28. The minimum atomic E-state index is 0.678. The highest BCUT2D eigenvalue weighted by Gasteiger charge is 2.09. The molecule has 3 rings (SSSR count). The van der Waals surface area contributed by atoms with E-state index in [0.717, 1.165) is 32.3 Å². The normalized spacial score (nSPS) is 10.8. The molecule has 0 aliphatic carbocycles. The Morgan fingerprint density at radius 1 is 1.24 bits per heavy atom. The minimum absolute atomic E-state index is 0.678. The number of anilines is 3. The molecule has 0 bridgehead atoms. The zero-order valence-electron chi connectivity index (χ0n) is 11.3. The standard InChI is InChI=1S/C16H13BrClN3/c1-9-3-2-4-12(18)15(9)21-14-6-5-13(19)11-7-10(17)8-20-16(11)14/h2-8,21H,19H2,1H3. The highest BCUT2D eigenvalue weighted by atomic mass is 79.9. The third kappa shape index (κ3) is 2.69. The van der Waals surface area contributed by atoms with Crippen molar-refractivity contribution in [1.29, 1.82) is 0 Å². The monoisotopic (exact) mass is 361 g/mol. The van der Waals surface area contributed by atoms with E-state index in [2.05, 4.69) is 26.2 Å². The summed E-state index contributed by atoms with van der Waals surface area (Å²) in [6.45, 7) is 2.01. The number of fused-ring (bicyclic) bond motifs is 1. The van der Waals surface area contributed by atoms with E-state index in [0.29, 0.717) is 10.7 Å². The second-order valence-electron chi connectivity index (χ2n) is 4.81. The van der Waals surface area contributed by atoms with Gasteiger partial charge in [0.25, 0.3) is 0 Å². The molecule has 0 aliphatic rings. The molecular formula is C16H13BrClN3. The van der Waals surface area contributed by atoms with Crippen LogP contribution in [0.4, 0.5) is 17.1 Å². The highest BCUT2D eigenvalue weighted by molar-refractivity contribution is 9.10. The van der Waals surface area contributed by atoms with E-state index in [1.165, 1.54) is 0 Å². The molecule has 3 nitrogen and oxygen atoms in total. The van der Waals surface area contributed by atoms with Gasteiger partial charge in [0.05, 0.1) is 21.9 Å². The lowest BCUT2D eigenvalue weighted by molar-refractivity contribution is 1.37. The number of aryl methyl sites for hydroxylation is 1. The van der Waals surface area contributed by atoms with Gasteiger partial charge in [-0.25, -0.2) is 0 Å². The lowest BCUT2D eigenvalue weighted by Gasteiger charge is -2.14. The van der Waals surface area contributed by atoms with E-state index < -0.39 is 0 Å². The number of benzene rings is 2. The number of hydrogen-bond acceptors (Lipinski definition) is 3. The molecule has 0 saturated carbocycles. The Balaban J connectivity index is 2.16. The molecule has 0 atom stereocenters. The van der Waals surface area contributed by atoms with Crippen LogP contribution in [0, 0.1) is 6.92 Å². The van der Waals surface area contributed by atoms with Crippen molar-refractivity contribution in [2.24, 2.45) is 0 Å². The van der Waals surface area contributed by atoms with Gasteiger partial charge in [-0.15, -0.1) is 0 Å². The van der Waals surface area contributed by atoms with Gasteiger partial charge in [0, 0.05) is 21.7 Å². The van der Waals surface area contributed by atoms with Crippen LogP contribution in [0.15, 0.2) is 47.1 Å². The number of nitrogens with one attached hydrogen (secondary N) is 1. The topological polar surface area (TPSA) is 50.9 Å². The fourth-order valence-corrected chi connectivity index (χ4v) is 2.84. The van der Waals surface area contributed by atoms with Crippen molar-refractivity contribution in [3.8, 4) is 0 Å². The van der Waals surface area contributed by atoms with Crippen molar-refractivity contribution < 1.29 is 0 Å². The summed E-state index contributed by atoms with van der Waals surface area (Å²) in [4.78, 5) is 4.46. The maximum Gasteiger partial charge on any atom is 0.0958 e. The maximum atomic E-state index is 6.27. The van der Waals surface area contributed by atoms with Gasteiger partial charge in [0.15, 0.2) is 0 Å². The third-order valence-electron chi connectivity index (χ3n) is 3.33. The largest absolute Gasteiger partial charge is 0.398 e. The van der Waals surface area contributed by atoms with Gasteiger partial charge in [-0.05, 0) is 52.7 Å². The summed E-state index contributed by atoms with van der Waals surface area (Å²) in [5.74, 6) is 0. The number of nitrogen functional groups attached to an aromatic ring is 1. The van der Waals surface area contributed by atoms with E-state index in [9.17, 15) is 0 Å². The molecule has 2 aromatic carbocycles.